The van der Waals surface area contributed by atoms with E-state index in [2.05, 4.69) is 28.7 Å². The van der Waals surface area contributed by atoms with Gasteiger partial charge in [0.2, 0.25) is 5.28 Å². The number of aromatic nitrogens is 2. The number of halogens is 1. The van der Waals surface area contributed by atoms with E-state index in [1.165, 1.54) is 0 Å². The van der Waals surface area contributed by atoms with Crippen molar-refractivity contribution < 1.29 is 0 Å². The van der Waals surface area contributed by atoms with Gasteiger partial charge in [-0.25, -0.2) is 9.97 Å². The van der Waals surface area contributed by atoms with Crippen LogP contribution in [0.2, 0.25) is 5.28 Å². The predicted molar refractivity (Wildman–Crippen MR) is 57.6 cm³/mol. The lowest BCUT2D eigenvalue weighted by Crippen LogP contribution is -2.20. The van der Waals surface area contributed by atoms with Crippen LogP contribution in [0.3, 0.4) is 0 Å². The molecule has 1 saturated heterocycles. The molecule has 2 unspecified atom stereocenters. The van der Waals surface area contributed by atoms with Crippen molar-refractivity contribution in [2.45, 2.75) is 13.8 Å². The van der Waals surface area contributed by atoms with E-state index in [4.69, 9.17) is 11.6 Å². The van der Waals surface area contributed by atoms with Gasteiger partial charge in [0.15, 0.2) is 0 Å². The molecule has 1 aromatic heterocycles. The molecular formula is C10H14ClN3. The molecular weight excluding hydrogens is 198 g/mol. The molecule has 76 valence electrons. The summed E-state index contributed by atoms with van der Waals surface area (Å²) in [6, 6.07) is 1.91. The third-order valence-corrected chi connectivity index (χ3v) is 3.11. The maximum absolute atomic E-state index is 5.75. The van der Waals surface area contributed by atoms with E-state index in [-0.39, 0.29) is 0 Å². The summed E-state index contributed by atoms with van der Waals surface area (Å²) in [5.41, 5.74) is 0. The lowest BCUT2D eigenvalue weighted by atomic mass is 10.0. The Morgan fingerprint density at radius 2 is 2.00 bits per heavy atom. The maximum atomic E-state index is 5.75. The number of nitrogens with zero attached hydrogens (tertiary/aromatic N) is 3. The second-order valence-electron chi connectivity index (χ2n) is 4.04. The molecule has 0 N–H and O–H groups in total. The van der Waals surface area contributed by atoms with Gasteiger partial charge in [0.05, 0.1) is 0 Å². The number of hydrogen-bond donors (Lipinski definition) is 0. The fourth-order valence-electron chi connectivity index (χ4n) is 1.82. The summed E-state index contributed by atoms with van der Waals surface area (Å²) in [5, 5.41) is 0.328. The second-order valence-corrected chi connectivity index (χ2v) is 4.38. The Labute approximate surface area is 89.1 Å². The van der Waals surface area contributed by atoms with Crippen molar-refractivity contribution >= 4 is 17.4 Å². The second kappa shape index (κ2) is 3.73. The van der Waals surface area contributed by atoms with Crippen LogP contribution in [0.4, 0.5) is 5.82 Å². The quantitative estimate of drug-likeness (QED) is 0.667. The van der Waals surface area contributed by atoms with E-state index in [9.17, 15) is 0 Å². The zero-order valence-electron chi connectivity index (χ0n) is 8.44. The summed E-state index contributed by atoms with van der Waals surface area (Å²) < 4.78 is 0. The summed E-state index contributed by atoms with van der Waals surface area (Å²) in [5.74, 6) is 2.40. The van der Waals surface area contributed by atoms with Crippen molar-refractivity contribution in [3.63, 3.8) is 0 Å². The van der Waals surface area contributed by atoms with Crippen molar-refractivity contribution in [1.29, 1.82) is 0 Å². The zero-order chi connectivity index (χ0) is 10.1. The van der Waals surface area contributed by atoms with Gasteiger partial charge < -0.3 is 4.90 Å². The Kier molecular flexibility index (Phi) is 2.59. The molecule has 1 fully saturated rings. The Morgan fingerprint density at radius 1 is 1.36 bits per heavy atom. The Balaban J connectivity index is 2.17. The van der Waals surface area contributed by atoms with Gasteiger partial charge in [-0.1, -0.05) is 13.8 Å². The van der Waals surface area contributed by atoms with Crippen LogP contribution in [0.1, 0.15) is 13.8 Å². The molecule has 3 nitrogen and oxygen atoms in total. The van der Waals surface area contributed by atoms with E-state index in [0.717, 1.165) is 30.7 Å². The molecule has 2 rings (SSSR count). The van der Waals surface area contributed by atoms with Crippen molar-refractivity contribution in [2.24, 2.45) is 11.8 Å². The summed E-state index contributed by atoms with van der Waals surface area (Å²) in [6.07, 6.45) is 1.71. The third kappa shape index (κ3) is 1.82. The first-order valence-corrected chi connectivity index (χ1v) is 5.28. The molecule has 0 spiro atoms. The Hall–Kier alpha value is -0.830. The smallest absolute Gasteiger partial charge is 0.224 e. The summed E-state index contributed by atoms with van der Waals surface area (Å²) >= 11 is 5.75. The van der Waals surface area contributed by atoms with Gasteiger partial charge in [-0.2, -0.15) is 0 Å². The molecule has 4 heteroatoms. The van der Waals surface area contributed by atoms with Crippen LogP contribution in [0.25, 0.3) is 0 Å². The van der Waals surface area contributed by atoms with E-state index < -0.39 is 0 Å². The van der Waals surface area contributed by atoms with Gasteiger partial charge in [-0.05, 0) is 29.5 Å². The van der Waals surface area contributed by atoms with Gasteiger partial charge in [-0.15, -0.1) is 0 Å². The first-order chi connectivity index (χ1) is 6.66. The maximum Gasteiger partial charge on any atom is 0.224 e. The number of anilines is 1. The molecule has 1 aliphatic rings. The lowest BCUT2D eigenvalue weighted by Gasteiger charge is -2.16. The van der Waals surface area contributed by atoms with Crippen LogP contribution in [-0.2, 0) is 0 Å². The predicted octanol–water partition coefficient (Wildman–Crippen LogP) is 2.22. The van der Waals surface area contributed by atoms with E-state index >= 15 is 0 Å². The average Bonchev–Trinajstić information content (AvgIpc) is 2.47. The summed E-state index contributed by atoms with van der Waals surface area (Å²) in [4.78, 5) is 10.3. The highest BCUT2D eigenvalue weighted by Crippen LogP contribution is 2.26. The summed E-state index contributed by atoms with van der Waals surface area (Å²) in [6.45, 7) is 6.67. The topological polar surface area (TPSA) is 29.0 Å². The third-order valence-electron chi connectivity index (χ3n) is 2.92. The van der Waals surface area contributed by atoms with Gasteiger partial charge in [0.1, 0.15) is 5.82 Å². The minimum atomic E-state index is 0.328. The lowest BCUT2D eigenvalue weighted by molar-refractivity contribution is 0.494. The van der Waals surface area contributed by atoms with Crippen molar-refractivity contribution in [2.75, 3.05) is 18.0 Å². The highest BCUT2D eigenvalue weighted by atomic mass is 35.5. The average molecular weight is 212 g/mol. The molecule has 1 aliphatic heterocycles. The molecule has 0 aliphatic carbocycles. The van der Waals surface area contributed by atoms with Crippen LogP contribution in [0.15, 0.2) is 12.3 Å². The van der Waals surface area contributed by atoms with Crippen LogP contribution >= 0.6 is 11.6 Å². The van der Waals surface area contributed by atoms with Gasteiger partial charge >= 0.3 is 0 Å². The summed E-state index contributed by atoms with van der Waals surface area (Å²) in [7, 11) is 0. The molecule has 1 aromatic rings. The van der Waals surface area contributed by atoms with E-state index in [0.29, 0.717) is 5.28 Å². The Bertz CT molecular complexity index is 319. The first kappa shape index (κ1) is 9.71. The largest absolute Gasteiger partial charge is 0.356 e. The van der Waals surface area contributed by atoms with Crippen LogP contribution in [0.5, 0.6) is 0 Å². The van der Waals surface area contributed by atoms with Gasteiger partial charge in [-0.3, -0.25) is 0 Å². The molecule has 14 heavy (non-hydrogen) atoms. The molecule has 2 heterocycles. The van der Waals surface area contributed by atoms with Gasteiger partial charge in [0, 0.05) is 19.3 Å². The highest BCUT2D eigenvalue weighted by molar-refractivity contribution is 6.28. The SMILES string of the molecule is CC1CN(c2ccnc(Cl)n2)CC1C. The number of hydrogen-bond acceptors (Lipinski definition) is 3. The monoisotopic (exact) mass is 211 g/mol. The van der Waals surface area contributed by atoms with Crippen LogP contribution in [0, 0.1) is 11.8 Å². The van der Waals surface area contributed by atoms with Crippen LogP contribution < -0.4 is 4.90 Å². The van der Waals surface area contributed by atoms with Crippen molar-refractivity contribution in [3.8, 4) is 0 Å². The molecule has 0 amide bonds. The minimum Gasteiger partial charge on any atom is -0.356 e. The minimum absolute atomic E-state index is 0.328. The fraction of sp³-hybridized carbons (Fsp3) is 0.600. The standard InChI is InChI=1S/C10H14ClN3/c1-7-5-14(6-8(7)2)9-3-4-12-10(11)13-9/h3-4,7-8H,5-6H2,1-2H3. The molecule has 0 radical (unpaired) electrons. The van der Waals surface area contributed by atoms with Crippen molar-refractivity contribution in [1.82, 2.24) is 9.97 Å². The fourth-order valence-corrected chi connectivity index (χ4v) is 1.96. The van der Waals surface area contributed by atoms with Crippen LogP contribution in [-0.4, -0.2) is 23.1 Å². The normalized spacial score (nSPS) is 26.9. The molecule has 0 bridgehead atoms. The van der Waals surface area contributed by atoms with Gasteiger partial charge in [0.25, 0.3) is 0 Å². The number of rotatable bonds is 1. The first-order valence-electron chi connectivity index (χ1n) is 4.90. The zero-order valence-corrected chi connectivity index (χ0v) is 9.20. The Morgan fingerprint density at radius 3 is 2.57 bits per heavy atom. The molecule has 0 aromatic carbocycles. The highest BCUT2D eigenvalue weighted by Gasteiger charge is 2.26. The molecule has 0 saturated carbocycles. The molecule has 2 atom stereocenters. The van der Waals surface area contributed by atoms with E-state index in [1.807, 2.05) is 6.07 Å². The van der Waals surface area contributed by atoms with E-state index in [1.54, 1.807) is 6.20 Å². The van der Waals surface area contributed by atoms with Crippen molar-refractivity contribution in [3.05, 3.63) is 17.5 Å².